The van der Waals surface area contributed by atoms with Crippen molar-refractivity contribution >= 4 is 0 Å². The molecular weight excluding hydrogens is 297 g/mol. The lowest BCUT2D eigenvalue weighted by Gasteiger charge is -2.14. The van der Waals surface area contributed by atoms with Crippen molar-refractivity contribution in [2.45, 2.75) is 12.3 Å². The lowest BCUT2D eigenvalue weighted by atomic mass is 9.97. The summed E-state index contributed by atoms with van der Waals surface area (Å²) in [5.41, 5.74) is 0.841. The van der Waals surface area contributed by atoms with Crippen molar-refractivity contribution in [3.63, 3.8) is 0 Å². The molecule has 0 saturated heterocycles. The van der Waals surface area contributed by atoms with E-state index in [2.05, 4.69) is 6.07 Å². The van der Waals surface area contributed by atoms with Crippen molar-refractivity contribution in [3.05, 3.63) is 53.8 Å². The Labute approximate surface area is 135 Å². The van der Waals surface area contributed by atoms with Crippen LogP contribution in [0.25, 0.3) is 0 Å². The van der Waals surface area contributed by atoms with Gasteiger partial charge in [-0.05, 0) is 42.0 Å². The Bertz CT molecular complexity index is 680. The molecule has 2 aromatic rings. The summed E-state index contributed by atoms with van der Waals surface area (Å²) in [7, 11) is 3.12. The highest BCUT2D eigenvalue weighted by Gasteiger charge is 2.14. The second-order valence-corrected chi connectivity index (χ2v) is 4.89. The third kappa shape index (κ3) is 4.36. The van der Waals surface area contributed by atoms with Crippen LogP contribution < -0.4 is 14.2 Å². The molecule has 0 aliphatic carbocycles. The van der Waals surface area contributed by atoms with E-state index in [1.54, 1.807) is 38.5 Å². The minimum atomic E-state index is -0.324. The molecule has 0 N–H and O–H groups in total. The average molecular weight is 315 g/mol. The Morgan fingerprint density at radius 3 is 2.35 bits per heavy atom. The van der Waals surface area contributed by atoms with Crippen molar-refractivity contribution in [2.75, 3.05) is 20.8 Å². The number of rotatable bonds is 7. The molecule has 0 heterocycles. The van der Waals surface area contributed by atoms with E-state index in [1.807, 2.05) is 6.07 Å². The lowest BCUT2D eigenvalue weighted by Crippen LogP contribution is -2.05. The second-order valence-electron chi connectivity index (χ2n) is 4.89. The van der Waals surface area contributed by atoms with Gasteiger partial charge in [0.15, 0.2) is 11.5 Å². The van der Waals surface area contributed by atoms with Crippen LogP contribution in [-0.2, 0) is 0 Å². The number of benzene rings is 2. The first kappa shape index (κ1) is 16.6. The Hall–Kier alpha value is -2.74. The van der Waals surface area contributed by atoms with Crippen LogP contribution in [0.5, 0.6) is 17.2 Å². The monoisotopic (exact) mass is 315 g/mol. The molecule has 0 aliphatic heterocycles. The van der Waals surface area contributed by atoms with Gasteiger partial charge in [0.1, 0.15) is 11.6 Å². The first-order chi connectivity index (χ1) is 11.2. The van der Waals surface area contributed by atoms with Crippen molar-refractivity contribution < 1.29 is 18.6 Å². The number of nitriles is 1. The van der Waals surface area contributed by atoms with Gasteiger partial charge in [-0.15, -0.1) is 0 Å². The third-order valence-electron chi connectivity index (χ3n) is 3.45. The highest BCUT2D eigenvalue weighted by atomic mass is 19.1. The van der Waals surface area contributed by atoms with Gasteiger partial charge < -0.3 is 14.2 Å². The third-order valence-corrected chi connectivity index (χ3v) is 3.45. The predicted molar refractivity (Wildman–Crippen MR) is 84.4 cm³/mol. The standard InChI is InChI=1S/C18H18FNO3/c1-21-17-8-3-13(11-18(17)22-2)14(12-20)9-10-23-16-6-4-15(19)5-7-16/h3-8,11,14H,9-10H2,1-2H3. The van der Waals surface area contributed by atoms with Gasteiger partial charge in [-0.2, -0.15) is 5.26 Å². The van der Waals surface area contributed by atoms with Crippen molar-refractivity contribution in [1.29, 1.82) is 5.26 Å². The maximum atomic E-state index is 12.8. The van der Waals surface area contributed by atoms with Crippen molar-refractivity contribution in [2.24, 2.45) is 0 Å². The second kappa shape index (κ2) is 8.04. The van der Waals surface area contributed by atoms with Gasteiger partial charge in [0.2, 0.25) is 0 Å². The molecule has 0 radical (unpaired) electrons. The van der Waals surface area contributed by atoms with Crippen LogP contribution in [0.15, 0.2) is 42.5 Å². The van der Waals surface area contributed by atoms with E-state index >= 15 is 0 Å². The summed E-state index contributed by atoms with van der Waals surface area (Å²) in [5.74, 6) is 1.16. The summed E-state index contributed by atoms with van der Waals surface area (Å²) >= 11 is 0. The number of nitrogens with zero attached hydrogens (tertiary/aromatic N) is 1. The van der Waals surface area contributed by atoms with Crippen LogP contribution in [0.4, 0.5) is 4.39 Å². The molecule has 4 nitrogen and oxygen atoms in total. The zero-order valence-corrected chi connectivity index (χ0v) is 13.1. The highest BCUT2D eigenvalue weighted by molar-refractivity contribution is 5.45. The van der Waals surface area contributed by atoms with Gasteiger partial charge in [-0.1, -0.05) is 6.07 Å². The van der Waals surface area contributed by atoms with Gasteiger partial charge in [-0.3, -0.25) is 0 Å². The lowest BCUT2D eigenvalue weighted by molar-refractivity contribution is 0.305. The van der Waals surface area contributed by atoms with Crippen LogP contribution in [0.3, 0.4) is 0 Å². The maximum absolute atomic E-state index is 12.8. The Morgan fingerprint density at radius 1 is 1.04 bits per heavy atom. The molecular formula is C18H18FNO3. The molecule has 1 atom stereocenters. The van der Waals surface area contributed by atoms with E-state index in [1.165, 1.54) is 12.1 Å². The molecule has 23 heavy (non-hydrogen) atoms. The molecule has 2 rings (SSSR count). The van der Waals surface area contributed by atoms with Gasteiger partial charge in [0, 0.05) is 6.42 Å². The number of hydrogen-bond donors (Lipinski definition) is 0. The fraction of sp³-hybridized carbons (Fsp3) is 0.278. The summed E-state index contributed by atoms with van der Waals surface area (Å²) in [6.07, 6.45) is 0.517. The van der Waals surface area contributed by atoms with Crippen molar-refractivity contribution in [3.8, 4) is 23.3 Å². The quantitative estimate of drug-likeness (QED) is 0.777. The van der Waals surface area contributed by atoms with Gasteiger partial charge in [-0.25, -0.2) is 4.39 Å². The maximum Gasteiger partial charge on any atom is 0.161 e. The molecule has 0 amide bonds. The zero-order valence-electron chi connectivity index (χ0n) is 13.1. The minimum absolute atomic E-state index is 0.308. The van der Waals surface area contributed by atoms with E-state index in [0.717, 1.165) is 5.56 Å². The van der Waals surface area contributed by atoms with E-state index in [4.69, 9.17) is 14.2 Å². The van der Waals surface area contributed by atoms with Gasteiger partial charge >= 0.3 is 0 Å². The molecule has 0 saturated carbocycles. The molecule has 120 valence electrons. The van der Waals surface area contributed by atoms with Crippen molar-refractivity contribution in [1.82, 2.24) is 0 Å². The number of hydrogen-bond acceptors (Lipinski definition) is 4. The smallest absolute Gasteiger partial charge is 0.161 e. The highest BCUT2D eigenvalue weighted by Crippen LogP contribution is 2.31. The normalized spacial score (nSPS) is 11.4. The van der Waals surface area contributed by atoms with E-state index in [9.17, 15) is 9.65 Å². The van der Waals surface area contributed by atoms with E-state index < -0.39 is 0 Å². The number of methoxy groups -OCH3 is 2. The molecule has 0 fully saturated rings. The molecule has 2 aromatic carbocycles. The SMILES string of the molecule is COc1ccc(C(C#N)CCOc2ccc(F)cc2)cc1OC. The van der Waals surface area contributed by atoms with Crippen LogP contribution in [0, 0.1) is 17.1 Å². The van der Waals surface area contributed by atoms with Crippen LogP contribution >= 0.6 is 0 Å². The predicted octanol–water partition coefficient (Wildman–Crippen LogP) is 3.92. The first-order valence-corrected chi connectivity index (χ1v) is 7.18. The number of ether oxygens (including phenoxy) is 3. The zero-order chi connectivity index (χ0) is 16.7. The van der Waals surface area contributed by atoms with Crippen LogP contribution in [0.1, 0.15) is 17.9 Å². The summed E-state index contributed by atoms with van der Waals surface area (Å²) < 4.78 is 28.8. The summed E-state index contributed by atoms with van der Waals surface area (Å²) in [5, 5.41) is 9.38. The van der Waals surface area contributed by atoms with E-state index in [-0.39, 0.29) is 11.7 Å². The van der Waals surface area contributed by atoms with Gasteiger partial charge in [0.25, 0.3) is 0 Å². The molecule has 0 aromatic heterocycles. The largest absolute Gasteiger partial charge is 0.494 e. The molecule has 1 unspecified atom stereocenters. The fourth-order valence-electron chi connectivity index (χ4n) is 2.20. The minimum Gasteiger partial charge on any atom is -0.494 e. The Balaban J connectivity index is 2.00. The van der Waals surface area contributed by atoms with Gasteiger partial charge in [0.05, 0.1) is 32.8 Å². The molecule has 0 bridgehead atoms. The summed E-state index contributed by atoms with van der Waals surface area (Å²) in [4.78, 5) is 0. The topological polar surface area (TPSA) is 51.5 Å². The summed E-state index contributed by atoms with van der Waals surface area (Å²) in [6, 6.07) is 13.5. The average Bonchev–Trinajstić information content (AvgIpc) is 2.59. The Morgan fingerprint density at radius 2 is 1.74 bits per heavy atom. The summed E-state index contributed by atoms with van der Waals surface area (Å²) in [6.45, 7) is 0.359. The Kier molecular flexibility index (Phi) is 5.81. The van der Waals surface area contributed by atoms with E-state index in [0.29, 0.717) is 30.3 Å². The van der Waals surface area contributed by atoms with Crippen LogP contribution in [-0.4, -0.2) is 20.8 Å². The number of halogens is 1. The molecule has 0 aliphatic rings. The fourth-order valence-corrected chi connectivity index (χ4v) is 2.20. The molecule has 0 spiro atoms. The first-order valence-electron chi connectivity index (χ1n) is 7.18. The van der Waals surface area contributed by atoms with Crippen LogP contribution in [0.2, 0.25) is 0 Å². The molecule has 5 heteroatoms.